The minimum Gasteiger partial charge on any atom is -0.494 e. The summed E-state index contributed by atoms with van der Waals surface area (Å²) < 4.78 is 22.2. The molecule has 31 heavy (non-hydrogen) atoms. The first-order valence-electron chi connectivity index (χ1n) is 11.8. The third kappa shape index (κ3) is 11.9. The molecule has 0 saturated carbocycles. The number of carbonyl (C=O) groups excluding carboxylic acids is 2. The molecule has 0 amide bonds. The van der Waals surface area contributed by atoms with Crippen molar-refractivity contribution in [2.75, 3.05) is 26.4 Å². The van der Waals surface area contributed by atoms with Gasteiger partial charge in [0.2, 0.25) is 0 Å². The van der Waals surface area contributed by atoms with Gasteiger partial charge in [0.15, 0.2) is 6.29 Å². The minimum absolute atomic E-state index is 0.00669. The lowest BCUT2D eigenvalue weighted by atomic mass is 10.1. The summed E-state index contributed by atoms with van der Waals surface area (Å²) in [5, 5.41) is 0. The van der Waals surface area contributed by atoms with Crippen LogP contribution in [0.3, 0.4) is 0 Å². The van der Waals surface area contributed by atoms with Gasteiger partial charge in [-0.1, -0.05) is 19.1 Å². The Bertz CT molecular complexity index is 621. The van der Waals surface area contributed by atoms with Gasteiger partial charge in [0.25, 0.3) is 0 Å². The minimum atomic E-state index is -0.427. The van der Waals surface area contributed by atoms with Gasteiger partial charge in [-0.2, -0.15) is 0 Å². The van der Waals surface area contributed by atoms with Crippen LogP contribution in [-0.2, 0) is 30.2 Å². The lowest BCUT2D eigenvalue weighted by Crippen LogP contribution is -2.22. The van der Waals surface area contributed by atoms with Crippen molar-refractivity contribution in [2.24, 2.45) is 0 Å². The quantitative estimate of drug-likeness (QED) is 0.207. The second-order valence-corrected chi connectivity index (χ2v) is 8.01. The first-order chi connectivity index (χ1) is 15.2. The molecule has 1 atom stereocenters. The zero-order valence-corrected chi connectivity index (χ0v) is 18.9. The molecule has 1 aromatic rings. The van der Waals surface area contributed by atoms with Gasteiger partial charge < -0.3 is 18.9 Å². The van der Waals surface area contributed by atoms with Gasteiger partial charge in [0, 0.05) is 19.6 Å². The number of Topliss-reactive ketones (excluding diaryl/α,β-unsaturated/α-hetero) is 1. The Balaban J connectivity index is 1.46. The van der Waals surface area contributed by atoms with Crippen LogP contribution in [0.25, 0.3) is 0 Å². The van der Waals surface area contributed by atoms with Crippen molar-refractivity contribution in [1.29, 1.82) is 0 Å². The number of rotatable bonds is 16. The van der Waals surface area contributed by atoms with Gasteiger partial charge >= 0.3 is 5.97 Å². The molecule has 174 valence electrons. The molecule has 1 aromatic carbocycles. The van der Waals surface area contributed by atoms with E-state index in [4.69, 9.17) is 18.9 Å². The van der Waals surface area contributed by atoms with E-state index >= 15 is 0 Å². The molecule has 0 N–H and O–H groups in total. The van der Waals surface area contributed by atoms with Gasteiger partial charge in [-0.05, 0) is 75.5 Å². The maximum absolute atomic E-state index is 11.5. The van der Waals surface area contributed by atoms with Crippen LogP contribution in [0.4, 0.5) is 0 Å². The summed E-state index contributed by atoms with van der Waals surface area (Å²) in [7, 11) is 0. The SMILES string of the molecule is CCCC(=O)CC(=O)OCCCCOc1ccc(CCCCOC2CCCCO2)cc1. The Hall–Kier alpha value is -1.92. The zero-order chi connectivity index (χ0) is 22.2. The maximum atomic E-state index is 11.5. The highest BCUT2D eigenvalue weighted by Crippen LogP contribution is 2.16. The van der Waals surface area contributed by atoms with Crippen molar-refractivity contribution >= 4 is 11.8 Å². The van der Waals surface area contributed by atoms with Crippen molar-refractivity contribution in [3.63, 3.8) is 0 Å². The van der Waals surface area contributed by atoms with E-state index in [0.717, 1.165) is 70.3 Å². The fourth-order valence-corrected chi connectivity index (χ4v) is 3.40. The number of carbonyl (C=O) groups is 2. The molecular formula is C25H38O6. The molecule has 1 saturated heterocycles. The Morgan fingerprint density at radius 3 is 2.52 bits per heavy atom. The topological polar surface area (TPSA) is 71.1 Å². The first-order valence-corrected chi connectivity index (χ1v) is 11.8. The van der Waals surface area contributed by atoms with E-state index in [1.807, 2.05) is 19.1 Å². The number of ether oxygens (including phenoxy) is 4. The molecule has 1 unspecified atom stereocenters. The molecule has 6 nitrogen and oxygen atoms in total. The second-order valence-electron chi connectivity index (χ2n) is 8.01. The first kappa shape index (κ1) is 25.3. The van der Waals surface area contributed by atoms with Crippen LogP contribution in [0, 0.1) is 0 Å². The highest BCUT2D eigenvalue weighted by atomic mass is 16.7. The third-order valence-corrected chi connectivity index (χ3v) is 5.17. The summed E-state index contributed by atoms with van der Waals surface area (Å²) in [6.07, 6.45) is 9.14. The van der Waals surface area contributed by atoms with Crippen molar-refractivity contribution in [3.8, 4) is 5.75 Å². The number of esters is 1. The molecule has 0 aliphatic carbocycles. The number of hydrogen-bond donors (Lipinski definition) is 0. The van der Waals surface area contributed by atoms with Crippen LogP contribution >= 0.6 is 0 Å². The third-order valence-electron chi connectivity index (χ3n) is 5.17. The molecule has 1 heterocycles. The molecule has 0 bridgehead atoms. The predicted molar refractivity (Wildman–Crippen MR) is 119 cm³/mol. The van der Waals surface area contributed by atoms with Gasteiger partial charge in [0.05, 0.1) is 13.2 Å². The van der Waals surface area contributed by atoms with E-state index in [-0.39, 0.29) is 18.5 Å². The number of aryl methyl sites for hydroxylation is 1. The normalized spacial score (nSPS) is 16.1. The van der Waals surface area contributed by atoms with E-state index in [1.54, 1.807) is 0 Å². The van der Waals surface area contributed by atoms with Crippen molar-refractivity contribution < 1.29 is 28.5 Å². The zero-order valence-electron chi connectivity index (χ0n) is 18.9. The Kier molecular flexibility index (Phi) is 12.9. The molecule has 0 radical (unpaired) electrons. The van der Waals surface area contributed by atoms with Crippen LogP contribution in [0.15, 0.2) is 24.3 Å². The largest absolute Gasteiger partial charge is 0.494 e. The smallest absolute Gasteiger partial charge is 0.313 e. The Morgan fingerprint density at radius 2 is 1.77 bits per heavy atom. The molecule has 0 aromatic heterocycles. The van der Waals surface area contributed by atoms with Crippen LogP contribution < -0.4 is 4.74 Å². The van der Waals surface area contributed by atoms with E-state index < -0.39 is 5.97 Å². The molecule has 2 rings (SSSR count). The fraction of sp³-hybridized carbons (Fsp3) is 0.680. The fourth-order valence-electron chi connectivity index (χ4n) is 3.40. The number of ketones is 1. The highest BCUT2D eigenvalue weighted by Gasteiger charge is 2.13. The summed E-state index contributed by atoms with van der Waals surface area (Å²) >= 11 is 0. The average Bonchev–Trinajstić information content (AvgIpc) is 2.77. The number of benzene rings is 1. The van der Waals surface area contributed by atoms with Gasteiger partial charge in [-0.25, -0.2) is 0 Å². The van der Waals surface area contributed by atoms with Crippen LogP contribution in [0.2, 0.25) is 0 Å². The summed E-state index contributed by atoms with van der Waals surface area (Å²) in [5.74, 6) is 0.370. The Labute approximate surface area is 186 Å². The monoisotopic (exact) mass is 434 g/mol. The average molecular weight is 435 g/mol. The van der Waals surface area contributed by atoms with E-state index in [9.17, 15) is 9.59 Å². The van der Waals surface area contributed by atoms with Crippen LogP contribution in [-0.4, -0.2) is 44.5 Å². The van der Waals surface area contributed by atoms with Crippen molar-refractivity contribution in [3.05, 3.63) is 29.8 Å². The van der Waals surface area contributed by atoms with Crippen molar-refractivity contribution in [1.82, 2.24) is 0 Å². The van der Waals surface area contributed by atoms with Gasteiger partial charge in [-0.3, -0.25) is 9.59 Å². The second kappa shape index (κ2) is 15.8. The number of unbranched alkanes of at least 4 members (excludes halogenated alkanes) is 2. The van der Waals surface area contributed by atoms with E-state index in [1.165, 1.54) is 12.0 Å². The van der Waals surface area contributed by atoms with Gasteiger partial charge in [-0.15, -0.1) is 0 Å². The van der Waals surface area contributed by atoms with Crippen LogP contribution in [0.5, 0.6) is 5.75 Å². The van der Waals surface area contributed by atoms with Crippen LogP contribution in [0.1, 0.15) is 76.7 Å². The predicted octanol–water partition coefficient (Wildman–Crippen LogP) is 5.01. The molecule has 6 heteroatoms. The van der Waals surface area contributed by atoms with E-state index in [2.05, 4.69) is 12.1 Å². The molecular weight excluding hydrogens is 396 g/mol. The molecule has 1 fully saturated rings. The maximum Gasteiger partial charge on any atom is 0.313 e. The molecule has 1 aliphatic rings. The van der Waals surface area contributed by atoms with E-state index in [0.29, 0.717) is 19.6 Å². The standard InChI is InChI=1S/C25H38O6/c1-2-9-22(26)20-24(27)29-17-8-7-16-28-23-14-12-21(13-15-23)10-3-5-18-30-25-11-4-6-19-31-25/h12-15,25H,2-11,16-20H2,1H3. The van der Waals surface area contributed by atoms with Gasteiger partial charge in [0.1, 0.15) is 18.0 Å². The summed E-state index contributed by atoms with van der Waals surface area (Å²) in [6.45, 7) is 4.41. The summed E-state index contributed by atoms with van der Waals surface area (Å²) in [6, 6.07) is 8.22. The molecule has 1 aliphatic heterocycles. The highest BCUT2D eigenvalue weighted by molar-refractivity contribution is 5.95. The number of hydrogen-bond acceptors (Lipinski definition) is 6. The lowest BCUT2D eigenvalue weighted by Gasteiger charge is -2.22. The summed E-state index contributed by atoms with van der Waals surface area (Å²) in [4.78, 5) is 22.9. The van der Waals surface area contributed by atoms with Crippen molar-refractivity contribution in [2.45, 2.75) is 83.8 Å². The Morgan fingerprint density at radius 1 is 1.00 bits per heavy atom. The summed E-state index contributed by atoms with van der Waals surface area (Å²) in [5.41, 5.74) is 1.30. The lowest BCUT2D eigenvalue weighted by molar-refractivity contribution is -0.162. The molecule has 0 spiro atoms.